The average molecular weight is 277 g/mol. The highest BCUT2D eigenvalue weighted by Gasteiger charge is 2.18. The number of methoxy groups -OCH3 is 1. The van der Waals surface area contributed by atoms with Crippen molar-refractivity contribution in [3.63, 3.8) is 0 Å². The molecule has 5 nitrogen and oxygen atoms in total. The Labute approximate surface area is 120 Å². The lowest BCUT2D eigenvalue weighted by Gasteiger charge is -2.32. The maximum atomic E-state index is 12.0. The summed E-state index contributed by atoms with van der Waals surface area (Å²) in [5.41, 5.74) is 1.01. The smallest absolute Gasteiger partial charge is 0.224 e. The van der Waals surface area contributed by atoms with Gasteiger partial charge in [-0.05, 0) is 31.3 Å². The Kier molecular flexibility index (Phi) is 5.24. The number of anilines is 1. The first-order chi connectivity index (χ1) is 9.69. The van der Waals surface area contributed by atoms with Gasteiger partial charge in [-0.1, -0.05) is 0 Å². The van der Waals surface area contributed by atoms with Gasteiger partial charge in [0.1, 0.15) is 5.75 Å². The van der Waals surface area contributed by atoms with Gasteiger partial charge in [-0.25, -0.2) is 0 Å². The predicted octanol–water partition coefficient (Wildman–Crippen LogP) is 1.27. The van der Waals surface area contributed by atoms with Crippen LogP contribution < -0.4 is 10.1 Å². The van der Waals surface area contributed by atoms with E-state index in [2.05, 4.69) is 17.3 Å². The zero-order valence-electron chi connectivity index (χ0n) is 12.3. The van der Waals surface area contributed by atoms with E-state index < -0.39 is 0 Å². The number of carbonyl (C=O) groups excluding carboxylic acids is 1. The van der Waals surface area contributed by atoms with Crippen LogP contribution in [0.3, 0.4) is 0 Å². The van der Waals surface area contributed by atoms with Crippen molar-refractivity contribution in [2.75, 3.05) is 52.2 Å². The molecule has 2 rings (SSSR count). The van der Waals surface area contributed by atoms with E-state index in [1.165, 1.54) is 0 Å². The molecule has 0 bridgehead atoms. The van der Waals surface area contributed by atoms with Crippen molar-refractivity contribution in [3.8, 4) is 5.75 Å². The Morgan fingerprint density at radius 1 is 1.20 bits per heavy atom. The summed E-state index contributed by atoms with van der Waals surface area (Å²) in [4.78, 5) is 16.2. The van der Waals surface area contributed by atoms with Crippen LogP contribution in [0.25, 0.3) is 0 Å². The number of benzene rings is 1. The number of piperazine rings is 1. The van der Waals surface area contributed by atoms with Crippen LogP contribution in [0.5, 0.6) is 5.75 Å². The molecule has 1 N–H and O–H groups in total. The summed E-state index contributed by atoms with van der Waals surface area (Å²) in [7, 11) is 3.74. The Morgan fingerprint density at radius 2 is 1.85 bits per heavy atom. The standard InChI is InChI=1S/C15H23N3O2/c1-17-9-11-18(12-10-17)15(19)7-8-16-13-3-5-14(20-2)6-4-13/h3-6,16H,7-12H2,1-2H3. The molecule has 0 unspecified atom stereocenters. The van der Waals surface area contributed by atoms with Crippen LogP contribution in [0.15, 0.2) is 24.3 Å². The molecule has 0 aromatic heterocycles. The van der Waals surface area contributed by atoms with Gasteiger partial charge in [0.25, 0.3) is 0 Å². The molecule has 1 fully saturated rings. The second kappa shape index (κ2) is 7.14. The van der Waals surface area contributed by atoms with Crippen LogP contribution in [0.2, 0.25) is 0 Å². The molecule has 1 heterocycles. The molecule has 0 saturated carbocycles. The molecule has 0 radical (unpaired) electrons. The Morgan fingerprint density at radius 3 is 2.45 bits per heavy atom. The summed E-state index contributed by atoms with van der Waals surface area (Å²) in [6, 6.07) is 7.73. The van der Waals surface area contributed by atoms with Crippen molar-refractivity contribution < 1.29 is 9.53 Å². The van der Waals surface area contributed by atoms with E-state index in [1.54, 1.807) is 7.11 Å². The van der Waals surface area contributed by atoms with Gasteiger partial charge in [0, 0.05) is 44.8 Å². The van der Waals surface area contributed by atoms with Gasteiger partial charge in [-0.2, -0.15) is 0 Å². The zero-order valence-corrected chi connectivity index (χ0v) is 12.3. The highest BCUT2D eigenvalue weighted by atomic mass is 16.5. The third-order valence-electron chi connectivity index (χ3n) is 3.61. The lowest BCUT2D eigenvalue weighted by Crippen LogP contribution is -2.47. The van der Waals surface area contributed by atoms with E-state index in [0.717, 1.165) is 37.6 Å². The van der Waals surface area contributed by atoms with Crippen molar-refractivity contribution in [2.45, 2.75) is 6.42 Å². The number of amides is 1. The van der Waals surface area contributed by atoms with Crippen molar-refractivity contribution in [1.29, 1.82) is 0 Å². The van der Waals surface area contributed by atoms with Gasteiger partial charge < -0.3 is 19.9 Å². The molecule has 1 aromatic carbocycles. The minimum atomic E-state index is 0.235. The lowest BCUT2D eigenvalue weighted by molar-refractivity contribution is -0.132. The molecular formula is C15H23N3O2. The van der Waals surface area contributed by atoms with Crippen molar-refractivity contribution in [3.05, 3.63) is 24.3 Å². The van der Waals surface area contributed by atoms with Gasteiger partial charge in [-0.3, -0.25) is 4.79 Å². The number of ether oxygens (including phenoxy) is 1. The maximum absolute atomic E-state index is 12.0. The Balaban J connectivity index is 1.70. The summed E-state index contributed by atoms with van der Waals surface area (Å²) in [6.45, 7) is 4.29. The van der Waals surface area contributed by atoms with Gasteiger partial charge in [0.15, 0.2) is 0 Å². The molecule has 20 heavy (non-hydrogen) atoms. The largest absolute Gasteiger partial charge is 0.497 e. The summed E-state index contributed by atoms with van der Waals surface area (Å²) in [5.74, 6) is 1.07. The number of rotatable bonds is 5. The Hall–Kier alpha value is -1.75. The first-order valence-electron chi connectivity index (χ1n) is 7.03. The fourth-order valence-corrected chi connectivity index (χ4v) is 2.24. The highest BCUT2D eigenvalue weighted by Crippen LogP contribution is 2.14. The number of hydrogen-bond donors (Lipinski definition) is 1. The third-order valence-corrected chi connectivity index (χ3v) is 3.61. The summed E-state index contributed by atoms with van der Waals surface area (Å²) >= 11 is 0. The van der Waals surface area contributed by atoms with Crippen molar-refractivity contribution in [2.24, 2.45) is 0 Å². The normalized spacial score (nSPS) is 16.0. The average Bonchev–Trinajstić information content (AvgIpc) is 2.48. The van der Waals surface area contributed by atoms with E-state index in [4.69, 9.17) is 4.74 Å². The van der Waals surface area contributed by atoms with Crippen molar-refractivity contribution in [1.82, 2.24) is 9.80 Å². The predicted molar refractivity (Wildman–Crippen MR) is 80.2 cm³/mol. The molecule has 5 heteroatoms. The molecule has 0 atom stereocenters. The molecule has 1 aromatic rings. The number of carbonyl (C=O) groups is 1. The summed E-state index contributed by atoms with van der Waals surface area (Å²) < 4.78 is 5.11. The fraction of sp³-hybridized carbons (Fsp3) is 0.533. The van der Waals surface area contributed by atoms with E-state index in [-0.39, 0.29) is 5.91 Å². The van der Waals surface area contributed by atoms with Gasteiger partial charge in [-0.15, -0.1) is 0 Å². The first kappa shape index (κ1) is 14.7. The summed E-state index contributed by atoms with van der Waals surface area (Å²) in [6.07, 6.45) is 0.537. The lowest BCUT2D eigenvalue weighted by atomic mass is 10.2. The molecule has 1 saturated heterocycles. The van der Waals surface area contributed by atoms with Crippen LogP contribution in [-0.4, -0.2) is 62.6 Å². The molecule has 1 aliphatic rings. The third kappa shape index (κ3) is 4.13. The molecular weight excluding hydrogens is 254 g/mol. The molecule has 0 aliphatic carbocycles. The minimum Gasteiger partial charge on any atom is -0.497 e. The first-order valence-corrected chi connectivity index (χ1v) is 7.03. The number of nitrogens with one attached hydrogen (secondary N) is 1. The SMILES string of the molecule is COc1ccc(NCCC(=O)N2CCN(C)CC2)cc1. The van der Waals surface area contributed by atoms with Crippen LogP contribution >= 0.6 is 0 Å². The zero-order chi connectivity index (χ0) is 14.4. The van der Waals surface area contributed by atoms with Crippen molar-refractivity contribution >= 4 is 11.6 Å². The monoisotopic (exact) mass is 277 g/mol. The highest BCUT2D eigenvalue weighted by molar-refractivity contribution is 5.76. The quantitative estimate of drug-likeness (QED) is 0.880. The number of nitrogens with zero attached hydrogens (tertiary/aromatic N) is 2. The minimum absolute atomic E-state index is 0.235. The van der Waals surface area contributed by atoms with Gasteiger partial charge in [0.2, 0.25) is 5.91 Å². The second-order valence-electron chi connectivity index (χ2n) is 5.09. The van der Waals surface area contributed by atoms with E-state index in [1.807, 2.05) is 29.2 Å². The van der Waals surface area contributed by atoms with E-state index in [9.17, 15) is 4.79 Å². The molecule has 1 amide bonds. The van der Waals surface area contributed by atoms with E-state index >= 15 is 0 Å². The van der Waals surface area contributed by atoms with Crippen LogP contribution in [0.4, 0.5) is 5.69 Å². The van der Waals surface area contributed by atoms with Crippen LogP contribution in [0.1, 0.15) is 6.42 Å². The summed E-state index contributed by atoms with van der Waals surface area (Å²) in [5, 5.41) is 3.26. The fourth-order valence-electron chi connectivity index (χ4n) is 2.24. The van der Waals surface area contributed by atoms with Crippen LogP contribution in [-0.2, 0) is 4.79 Å². The number of hydrogen-bond acceptors (Lipinski definition) is 4. The van der Waals surface area contributed by atoms with Gasteiger partial charge in [0.05, 0.1) is 7.11 Å². The Bertz CT molecular complexity index is 425. The molecule has 0 spiro atoms. The number of likely N-dealkylation sites (N-methyl/N-ethyl adjacent to an activating group) is 1. The second-order valence-corrected chi connectivity index (χ2v) is 5.09. The maximum Gasteiger partial charge on any atom is 0.224 e. The molecule has 110 valence electrons. The van der Waals surface area contributed by atoms with Gasteiger partial charge >= 0.3 is 0 Å². The topological polar surface area (TPSA) is 44.8 Å². The molecule has 1 aliphatic heterocycles. The van der Waals surface area contributed by atoms with E-state index in [0.29, 0.717) is 13.0 Å². The van der Waals surface area contributed by atoms with Crippen LogP contribution in [0, 0.1) is 0 Å².